The Balaban J connectivity index is 2.40. The van der Waals surface area contributed by atoms with E-state index < -0.39 is 0 Å². The fraction of sp³-hybridized carbons (Fsp3) is 0.188. The van der Waals surface area contributed by atoms with Gasteiger partial charge in [0.05, 0.1) is 0 Å². The lowest BCUT2D eigenvalue weighted by Gasteiger charge is -2.08. The number of hydrogen-bond acceptors (Lipinski definition) is 2. The highest BCUT2D eigenvalue weighted by Crippen LogP contribution is 2.24. The van der Waals surface area contributed by atoms with Crippen molar-refractivity contribution in [2.24, 2.45) is 0 Å². The van der Waals surface area contributed by atoms with Gasteiger partial charge in [-0.05, 0) is 67.6 Å². The van der Waals surface area contributed by atoms with Gasteiger partial charge < -0.3 is 0 Å². The average molecular weight is 335 g/mol. The van der Waals surface area contributed by atoms with Crippen LogP contribution in [0.5, 0.6) is 0 Å². The Morgan fingerprint density at radius 3 is 2.26 bits per heavy atom. The van der Waals surface area contributed by atoms with Gasteiger partial charge >= 0.3 is 0 Å². The Bertz CT molecular complexity index is 617. The number of thioether (sulfide) groups is 1. The summed E-state index contributed by atoms with van der Waals surface area (Å²) in [7, 11) is 0. The molecule has 0 unspecified atom stereocenters. The molecule has 0 aliphatic heterocycles. The number of halogens is 1. The summed E-state index contributed by atoms with van der Waals surface area (Å²) in [5.74, 6) is 0.0840. The molecule has 0 heterocycles. The molecule has 0 radical (unpaired) electrons. The SMILES string of the molecule is CSc1ccc(C(=O)c2cc(C)c(Br)cc2C)cc1. The van der Waals surface area contributed by atoms with E-state index in [2.05, 4.69) is 15.9 Å². The highest BCUT2D eigenvalue weighted by Gasteiger charge is 2.13. The van der Waals surface area contributed by atoms with E-state index in [9.17, 15) is 4.79 Å². The first-order valence-electron chi connectivity index (χ1n) is 5.98. The molecule has 0 amide bonds. The fourth-order valence-electron chi connectivity index (χ4n) is 1.92. The van der Waals surface area contributed by atoms with Crippen LogP contribution in [0.1, 0.15) is 27.0 Å². The lowest BCUT2D eigenvalue weighted by molar-refractivity contribution is 0.103. The number of benzene rings is 2. The van der Waals surface area contributed by atoms with Crippen LogP contribution in [0.25, 0.3) is 0 Å². The lowest BCUT2D eigenvalue weighted by atomic mass is 9.97. The third kappa shape index (κ3) is 3.10. The molecule has 0 fully saturated rings. The summed E-state index contributed by atoms with van der Waals surface area (Å²) in [5, 5.41) is 0. The summed E-state index contributed by atoms with van der Waals surface area (Å²) >= 11 is 5.17. The summed E-state index contributed by atoms with van der Waals surface area (Å²) in [6.45, 7) is 3.96. The topological polar surface area (TPSA) is 17.1 Å². The number of rotatable bonds is 3. The molecule has 0 aliphatic carbocycles. The molecular weight excluding hydrogens is 320 g/mol. The zero-order valence-electron chi connectivity index (χ0n) is 11.2. The monoisotopic (exact) mass is 334 g/mol. The highest BCUT2D eigenvalue weighted by molar-refractivity contribution is 9.10. The summed E-state index contributed by atoms with van der Waals surface area (Å²) in [6.07, 6.45) is 2.03. The van der Waals surface area contributed by atoms with Crippen LogP contribution in [0.2, 0.25) is 0 Å². The van der Waals surface area contributed by atoms with Crippen LogP contribution in [0.15, 0.2) is 45.8 Å². The Morgan fingerprint density at radius 2 is 1.68 bits per heavy atom. The van der Waals surface area contributed by atoms with Crippen molar-refractivity contribution < 1.29 is 4.79 Å². The van der Waals surface area contributed by atoms with Crippen LogP contribution < -0.4 is 0 Å². The molecule has 0 saturated heterocycles. The number of ketones is 1. The van der Waals surface area contributed by atoms with Gasteiger partial charge in [0.25, 0.3) is 0 Å². The second-order valence-electron chi connectivity index (χ2n) is 4.47. The van der Waals surface area contributed by atoms with Crippen molar-refractivity contribution in [3.8, 4) is 0 Å². The van der Waals surface area contributed by atoms with E-state index in [1.165, 1.54) is 4.90 Å². The molecule has 2 rings (SSSR count). The molecule has 0 spiro atoms. The quantitative estimate of drug-likeness (QED) is 0.579. The Hall–Kier alpha value is -1.06. The largest absolute Gasteiger partial charge is 0.289 e. The molecule has 2 aromatic rings. The maximum absolute atomic E-state index is 12.5. The standard InChI is InChI=1S/C16H15BrOS/c1-10-9-15(17)11(2)8-14(10)16(18)12-4-6-13(19-3)7-5-12/h4-9H,1-3H3. The first kappa shape index (κ1) is 14.4. The molecule has 0 saturated carbocycles. The zero-order chi connectivity index (χ0) is 14.0. The van der Waals surface area contributed by atoms with Crippen molar-refractivity contribution in [2.45, 2.75) is 18.7 Å². The van der Waals surface area contributed by atoms with Crippen LogP contribution in [-0.2, 0) is 0 Å². The molecule has 0 aromatic heterocycles. The second-order valence-corrected chi connectivity index (χ2v) is 6.21. The van der Waals surface area contributed by atoms with Gasteiger partial charge in [0.15, 0.2) is 5.78 Å². The van der Waals surface area contributed by atoms with Crippen LogP contribution in [0.4, 0.5) is 0 Å². The molecule has 0 atom stereocenters. The molecule has 0 bridgehead atoms. The van der Waals surface area contributed by atoms with E-state index in [-0.39, 0.29) is 5.78 Å². The summed E-state index contributed by atoms with van der Waals surface area (Å²) in [6, 6.07) is 11.7. The molecule has 0 aliphatic rings. The molecule has 2 aromatic carbocycles. The van der Waals surface area contributed by atoms with E-state index >= 15 is 0 Å². The van der Waals surface area contributed by atoms with E-state index in [4.69, 9.17) is 0 Å². The van der Waals surface area contributed by atoms with Crippen molar-refractivity contribution in [2.75, 3.05) is 6.26 Å². The molecule has 1 nitrogen and oxygen atoms in total. The predicted octanol–water partition coefficient (Wildman–Crippen LogP) is 5.02. The minimum absolute atomic E-state index is 0.0840. The lowest BCUT2D eigenvalue weighted by Crippen LogP contribution is -2.04. The first-order chi connectivity index (χ1) is 9.02. The first-order valence-corrected chi connectivity index (χ1v) is 8.00. The number of carbonyl (C=O) groups is 1. The van der Waals surface area contributed by atoms with Crippen LogP contribution >= 0.6 is 27.7 Å². The van der Waals surface area contributed by atoms with Crippen molar-refractivity contribution >= 4 is 33.5 Å². The van der Waals surface area contributed by atoms with E-state index in [1.807, 2.05) is 56.5 Å². The zero-order valence-corrected chi connectivity index (χ0v) is 13.6. The van der Waals surface area contributed by atoms with Crippen molar-refractivity contribution in [1.29, 1.82) is 0 Å². The van der Waals surface area contributed by atoms with Gasteiger partial charge in [0.2, 0.25) is 0 Å². The van der Waals surface area contributed by atoms with E-state index in [0.717, 1.165) is 26.7 Å². The van der Waals surface area contributed by atoms with Crippen molar-refractivity contribution in [1.82, 2.24) is 0 Å². The smallest absolute Gasteiger partial charge is 0.193 e. The maximum atomic E-state index is 12.5. The van der Waals surface area contributed by atoms with Gasteiger partial charge in [-0.3, -0.25) is 4.79 Å². The predicted molar refractivity (Wildman–Crippen MR) is 85.3 cm³/mol. The normalized spacial score (nSPS) is 10.5. The van der Waals surface area contributed by atoms with Gasteiger partial charge in [-0.25, -0.2) is 0 Å². The van der Waals surface area contributed by atoms with Gasteiger partial charge in [-0.15, -0.1) is 11.8 Å². The highest BCUT2D eigenvalue weighted by atomic mass is 79.9. The Labute approximate surface area is 126 Å². The van der Waals surface area contributed by atoms with E-state index in [1.54, 1.807) is 11.8 Å². The summed E-state index contributed by atoms with van der Waals surface area (Å²) < 4.78 is 1.04. The number of carbonyl (C=O) groups excluding carboxylic acids is 1. The molecule has 98 valence electrons. The summed E-state index contributed by atoms with van der Waals surface area (Å²) in [4.78, 5) is 13.7. The van der Waals surface area contributed by atoms with Gasteiger partial charge in [-0.1, -0.05) is 15.9 Å². The minimum Gasteiger partial charge on any atom is -0.289 e. The second kappa shape index (κ2) is 5.93. The Morgan fingerprint density at radius 1 is 1.05 bits per heavy atom. The summed E-state index contributed by atoms with van der Waals surface area (Å²) in [5.41, 5.74) is 3.59. The van der Waals surface area contributed by atoms with Crippen LogP contribution in [-0.4, -0.2) is 12.0 Å². The molecule has 0 N–H and O–H groups in total. The third-order valence-corrected chi connectivity index (χ3v) is 4.70. The minimum atomic E-state index is 0.0840. The van der Waals surface area contributed by atoms with Crippen molar-refractivity contribution in [3.05, 3.63) is 63.1 Å². The van der Waals surface area contributed by atoms with E-state index in [0.29, 0.717) is 0 Å². The third-order valence-electron chi connectivity index (χ3n) is 3.10. The number of aryl methyl sites for hydroxylation is 2. The molecule has 19 heavy (non-hydrogen) atoms. The fourth-order valence-corrected chi connectivity index (χ4v) is 2.79. The average Bonchev–Trinajstić information content (AvgIpc) is 2.42. The number of hydrogen-bond donors (Lipinski definition) is 0. The van der Waals surface area contributed by atoms with Gasteiger partial charge in [0.1, 0.15) is 0 Å². The maximum Gasteiger partial charge on any atom is 0.193 e. The molecular formula is C16H15BrOS. The molecule has 3 heteroatoms. The van der Waals surface area contributed by atoms with Gasteiger partial charge in [-0.2, -0.15) is 0 Å². The van der Waals surface area contributed by atoms with Crippen molar-refractivity contribution in [3.63, 3.8) is 0 Å². The van der Waals surface area contributed by atoms with Crippen LogP contribution in [0.3, 0.4) is 0 Å². The Kier molecular flexibility index (Phi) is 4.48. The van der Waals surface area contributed by atoms with Crippen LogP contribution in [0, 0.1) is 13.8 Å². The van der Waals surface area contributed by atoms with Gasteiger partial charge in [0, 0.05) is 20.5 Å².